The van der Waals surface area contributed by atoms with Gasteiger partial charge in [-0.1, -0.05) is 41.9 Å². The normalized spacial score (nSPS) is 12.5. The van der Waals surface area contributed by atoms with E-state index in [0.29, 0.717) is 12.2 Å². The maximum atomic E-state index is 12.5. The monoisotopic (exact) mass is 377 g/mol. The molecule has 0 spiro atoms. The lowest BCUT2D eigenvalue weighted by Gasteiger charge is -2.23. The van der Waals surface area contributed by atoms with Crippen LogP contribution in [-0.2, 0) is 16.1 Å². The Morgan fingerprint density at radius 2 is 1.88 bits per heavy atom. The number of nitrogens with one attached hydrogen (secondary N) is 1. The molecule has 1 amide bonds. The lowest BCUT2D eigenvalue weighted by Crippen LogP contribution is -2.46. The van der Waals surface area contributed by atoms with Crippen LogP contribution in [0.15, 0.2) is 30.3 Å². The Morgan fingerprint density at radius 3 is 2.46 bits per heavy atom. The zero-order valence-electron chi connectivity index (χ0n) is 15.7. The fraction of sp³-hybridized carbons (Fsp3) is 0.421. The van der Waals surface area contributed by atoms with Crippen molar-refractivity contribution in [1.29, 1.82) is 0 Å². The van der Waals surface area contributed by atoms with E-state index in [9.17, 15) is 9.59 Å². The zero-order chi connectivity index (χ0) is 19.5. The van der Waals surface area contributed by atoms with E-state index in [0.717, 1.165) is 5.56 Å². The van der Waals surface area contributed by atoms with Gasteiger partial charge in [-0.3, -0.25) is 4.79 Å². The van der Waals surface area contributed by atoms with E-state index in [1.54, 1.807) is 11.6 Å². The standard InChI is InChI=1S/C19H24ClN3O3/c1-12-15(18(25)26-13(2)17(24)21-19(3,4)5)16(20)23(22-12)11-14-9-7-6-8-10-14/h6-10,13H,11H2,1-5H3,(H,21,24)/t13-/m1/s1. The number of rotatable bonds is 5. The Hall–Kier alpha value is -2.34. The third-order valence-electron chi connectivity index (χ3n) is 3.60. The minimum Gasteiger partial charge on any atom is -0.449 e. The van der Waals surface area contributed by atoms with Crippen molar-refractivity contribution >= 4 is 23.5 Å². The van der Waals surface area contributed by atoms with Crippen molar-refractivity contribution in [2.45, 2.75) is 52.8 Å². The summed E-state index contributed by atoms with van der Waals surface area (Å²) in [7, 11) is 0. The number of nitrogens with zero attached hydrogens (tertiary/aromatic N) is 2. The van der Waals surface area contributed by atoms with Crippen LogP contribution in [0.2, 0.25) is 5.15 Å². The van der Waals surface area contributed by atoms with Crippen LogP contribution in [0.25, 0.3) is 0 Å². The Morgan fingerprint density at radius 1 is 1.27 bits per heavy atom. The molecule has 0 saturated heterocycles. The van der Waals surface area contributed by atoms with Crippen LogP contribution >= 0.6 is 11.6 Å². The molecule has 1 heterocycles. The number of esters is 1. The van der Waals surface area contributed by atoms with Crippen molar-refractivity contribution in [2.24, 2.45) is 0 Å². The Labute approximate surface area is 158 Å². The van der Waals surface area contributed by atoms with Crippen molar-refractivity contribution in [3.63, 3.8) is 0 Å². The molecule has 1 atom stereocenters. The molecular weight excluding hydrogens is 354 g/mol. The van der Waals surface area contributed by atoms with Crippen LogP contribution in [0.5, 0.6) is 0 Å². The predicted octanol–water partition coefficient (Wildman–Crippen LogP) is 3.35. The van der Waals surface area contributed by atoms with Crippen LogP contribution < -0.4 is 5.32 Å². The molecule has 0 unspecified atom stereocenters. The minimum atomic E-state index is -0.935. The van der Waals surface area contributed by atoms with E-state index < -0.39 is 17.6 Å². The van der Waals surface area contributed by atoms with Gasteiger partial charge in [0, 0.05) is 5.54 Å². The van der Waals surface area contributed by atoms with Gasteiger partial charge in [0.1, 0.15) is 10.7 Å². The van der Waals surface area contributed by atoms with Gasteiger partial charge >= 0.3 is 5.97 Å². The van der Waals surface area contributed by atoms with E-state index in [4.69, 9.17) is 16.3 Å². The van der Waals surface area contributed by atoms with E-state index in [-0.39, 0.29) is 16.6 Å². The number of carbonyl (C=O) groups excluding carboxylic acids is 2. The number of benzene rings is 1. The summed E-state index contributed by atoms with van der Waals surface area (Å²) >= 11 is 6.34. The topological polar surface area (TPSA) is 73.2 Å². The van der Waals surface area contributed by atoms with E-state index >= 15 is 0 Å². The highest BCUT2D eigenvalue weighted by atomic mass is 35.5. The lowest BCUT2D eigenvalue weighted by atomic mass is 10.1. The summed E-state index contributed by atoms with van der Waals surface area (Å²) in [6, 6.07) is 9.66. The average molecular weight is 378 g/mol. The molecule has 0 aliphatic rings. The van der Waals surface area contributed by atoms with Gasteiger partial charge in [0.15, 0.2) is 6.10 Å². The largest absolute Gasteiger partial charge is 0.449 e. The number of hydrogen-bond donors (Lipinski definition) is 1. The second kappa shape index (κ2) is 7.91. The molecule has 0 saturated carbocycles. The highest BCUT2D eigenvalue weighted by Crippen LogP contribution is 2.22. The Balaban J connectivity index is 2.13. The van der Waals surface area contributed by atoms with Crippen molar-refractivity contribution in [1.82, 2.24) is 15.1 Å². The summed E-state index contributed by atoms with van der Waals surface area (Å²) in [6.45, 7) is 9.21. The van der Waals surface area contributed by atoms with Crippen molar-refractivity contribution in [2.75, 3.05) is 0 Å². The molecular formula is C19H24ClN3O3. The van der Waals surface area contributed by atoms with Crippen molar-refractivity contribution < 1.29 is 14.3 Å². The van der Waals surface area contributed by atoms with Crippen LogP contribution in [0, 0.1) is 6.92 Å². The average Bonchev–Trinajstić information content (AvgIpc) is 2.80. The van der Waals surface area contributed by atoms with Gasteiger partial charge in [-0.2, -0.15) is 5.10 Å². The zero-order valence-corrected chi connectivity index (χ0v) is 16.4. The number of aryl methyl sites for hydroxylation is 1. The van der Waals surface area contributed by atoms with Gasteiger partial charge in [-0.05, 0) is 40.2 Å². The summed E-state index contributed by atoms with van der Waals surface area (Å²) in [4.78, 5) is 24.6. The molecule has 0 radical (unpaired) electrons. The maximum Gasteiger partial charge on any atom is 0.343 e. The Bertz CT molecular complexity index is 794. The third kappa shape index (κ3) is 5.08. The van der Waals surface area contributed by atoms with Gasteiger partial charge in [0.05, 0.1) is 12.2 Å². The molecule has 26 heavy (non-hydrogen) atoms. The molecule has 0 bridgehead atoms. The number of halogens is 1. The van der Waals surface area contributed by atoms with Crippen LogP contribution in [0.1, 0.15) is 49.3 Å². The van der Waals surface area contributed by atoms with Crippen LogP contribution in [-0.4, -0.2) is 33.3 Å². The van der Waals surface area contributed by atoms with Crippen LogP contribution in [0.4, 0.5) is 0 Å². The smallest absolute Gasteiger partial charge is 0.343 e. The first-order valence-corrected chi connectivity index (χ1v) is 8.76. The quantitative estimate of drug-likeness (QED) is 0.811. The summed E-state index contributed by atoms with van der Waals surface area (Å²) in [5, 5.41) is 7.29. The summed E-state index contributed by atoms with van der Waals surface area (Å²) < 4.78 is 6.82. The molecule has 1 N–H and O–H groups in total. The lowest BCUT2D eigenvalue weighted by molar-refractivity contribution is -0.130. The highest BCUT2D eigenvalue weighted by molar-refractivity contribution is 6.32. The number of ether oxygens (including phenoxy) is 1. The van der Waals surface area contributed by atoms with Gasteiger partial charge in [0.25, 0.3) is 5.91 Å². The molecule has 0 aliphatic carbocycles. The molecule has 0 fully saturated rings. The fourth-order valence-corrected chi connectivity index (χ4v) is 2.70. The van der Waals surface area contributed by atoms with Crippen molar-refractivity contribution in [3.05, 3.63) is 52.3 Å². The Kier molecular flexibility index (Phi) is 6.08. The first kappa shape index (κ1) is 20.0. The van der Waals surface area contributed by atoms with Crippen LogP contribution in [0.3, 0.4) is 0 Å². The van der Waals surface area contributed by atoms with Gasteiger partial charge in [-0.15, -0.1) is 0 Å². The minimum absolute atomic E-state index is 0.179. The van der Waals surface area contributed by atoms with Gasteiger partial charge in [-0.25, -0.2) is 9.48 Å². The van der Waals surface area contributed by atoms with Crippen molar-refractivity contribution in [3.8, 4) is 0 Å². The molecule has 2 aromatic rings. The molecule has 1 aromatic heterocycles. The molecule has 1 aromatic carbocycles. The van der Waals surface area contributed by atoms with E-state index in [1.165, 1.54) is 6.92 Å². The van der Waals surface area contributed by atoms with E-state index in [2.05, 4.69) is 10.4 Å². The molecule has 140 valence electrons. The second-order valence-corrected chi connectivity index (χ2v) is 7.54. The molecule has 6 nitrogen and oxygen atoms in total. The number of amides is 1. The maximum absolute atomic E-state index is 12.5. The summed E-state index contributed by atoms with van der Waals surface area (Å²) in [6.07, 6.45) is -0.935. The first-order chi connectivity index (χ1) is 12.1. The molecule has 7 heteroatoms. The predicted molar refractivity (Wildman–Crippen MR) is 100 cm³/mol. The number of hydrogen-bond acceptors (Lipinski definition) is 4. The summed E-state index contributed by atoms with van der Waals surface area (Å²) in [5.41, 5.74) is 1.23. The van der Waals surface area contributed by atoms with Gasteiger partial charge in [0.2, 0.25) is 0 Å². The van der Waals surface area contributed by atoms with E-state index in [1.807, 2.05) is 51.1 Å². The second-order valence-electron chi connectivity index (χ2n) is 7.18. The fourth-order valence-electron chi connectivity index (χ4n) is 2.39. The number of carbonyl (C=O) groups is 2. The third-order valence-corrected chi connectivity index (χ3v) is 3.98. The number of aromatic nitrogens is 2. The van der Waals surface area contributed by atoms with Gasteiger partial charge < -0.3 is 10.1 Å². The SMILES string of the molecule is Cc1nn(Cc2ccccc2)c(Cl)c1C(=O)O[C@H](C)C(=O)NC(C)(C)C. The highest BCUT2D eigenvalue weighted by Gasteiger charge is 2.27. The molecule has 0 aliphatic heterocycles. The first-order valence-electron chi connectivity index (χ1n) is 8.38. The molecule has 2 rings (SSSR count). The summed E-state index contributed by atoms with van der Waals surface area (Å²) in [5.74, 6) is -1.03.